The molecule has 5 heteroatoms. The summed E-state index contributed by atoms with van der Waals surface area (Å²) in [6, 6.07) is 3.74. The quantitative estimate of drug-likeness (QED) is 0.781. The first-order valence-electron chi connectivity index (χ1n) is 7.50. The van der Waals surface area contributed by atoms with Gasteiger partial charge in [-0.15, -0.1) is 0 Å². The van der Waals surface area contributed by atoms with Gasteiger partial charge in [0.1, 0.15) is 0 Å². The smallest absolute Gasteiger partial charge is 0.307 e. The molecule has 1 heterocycles. The molecule has 0 aliphatic heterocycles. The molecule has 1 saturated carbocycles. The third-order valence-corrected chi connectivity index (χ3v) is 3.97. The van der Waals surface area contributed by atoms with Gasteiger partial charge in [-0.25, -0.2) is 0 Å². The van der Waals surface area contributed by atoms with Crippen molar-refractivity contribution in [2.75, 3.05) is 13.7 Å². The first-order chi connectivity index (χ1) is 10.2. The summed E-state index contributed by atoms with van der Waals surface area (Å²) in [5.41, 5.74) is 0.577. The second-order valence-electron chi connectivity index (χ2n) is 5.36. The van der Waals surface area contributed by atoms with E-state index in [4.69, 9.17) is 0 Å². The van der Waals surface area contributed by atoms with Crippen LogP contribution in [-0.4, -0.2) is 41.5 Å². The van der Waals surface area contributed by atoms with E-state index in [1.54, 1.807) is 24.5 Å². The lowest BCUT2D eigenvalue weighted by molar-refractivity contribution is -0.140. The van der Waals surface area contributed by atoms with Gasteiger partial charge in [0.25, 0.3) is 5.91 Å². The number of carbonyl (C=O) groups is 2. The van der Waals surface area contributed by atoms with Crippen molar-refractivity contribution in [1.29, 1.82) is 0 Å². The van der Waals surface area contributed by atoms with E-state index >= 15 is 0 Å². The van der Waals surface area contributed by atoms with Crippen molar-refractivity contribution in [2.45, 2.75) is 44.6 Å². The summed E-state index contributed by atoms with van der Waals surface area (Å²) >= 11 is 0. The summed E-state index contributed by atoms with van der Waals surface area (Å²) in [5, 5.41) is 0. The molecular formula is C16H22N2O3. The molecule has 0 unspecified atom stereocenters. The molecule has 0 radical (unpaired) electrons. The third-order valence-electron chi connectivity index (χ3n) is 3.97. The molecule has 1 aromatic heterocycles. The number of methoxy groups -OCH3 is 1. The van der Waals surface area contributed by atoms with Crippen molar-refractivity contribution in [1.82, 2.24) is 9.88 Å². The van der Waals surface area contributed by atoms with Crippen molar-refractivity contribution in [3.8, 4) is 0 Å². The predicted octanol–water partition coefficient (Wildman–Crippen LogP) is 2.42. The number of esters is 1. The molecule has 0 N–H and O–H groups in total. The Morgan fingerprint density at radius 2 is 2.10 bits per heavy atom. The second kappa shape index (κ2) is 7.76. The van der Waals surface area contributed by atoms with E-state index in [1.807, 2.05) is 4.90 Å². The van der Waals surface area contributed by atoms with Crippen LogP contribution in [0, 0.1) is 0 Å². The molecule has 0 atom stereocenters. The summed E-state index contributed by atoms with van der Waals surface area (Å²) in [5.74, 6) is -0.325. The van der Waals surface area contributed by atoms with Gasteiger partial charge >= 0.3 is 5.97 Å². The van der Waals surface area contributed by atoms with Crippen LogP contribution in [0.15, 0.2) is 24.5 Å². The fourth-order valence-corrected chi connectivity index (χ4v) is 2.81. The first kappa shape index (κ1) is 15.5. The molecule has 1 aliphatic rings. The predicted molar refractivity (Wildman–Crippen MR) is 78.8 cm³/mol. The highest BCUT2D eigenvalue weighted by molar-refractivity contribution is 5.94. The van der Waals surface area contributed by atoms with Crippen molar-refractivity contribution in [3.05, 3.63) is 30.1 Å². The van der Waals surface area contributed by atoms with E-state index in [1.165, 1.54) is 13.5 Å². The Kier molecular flexibility index (Phi) is 5.72. The monoisotopic (exact) mass is 290 g/mol. The molecule has 1 aromatic rings. The van der Waals surface area contributed by atoms with Crippen molar-refractivity contribution >= 4 is 11.9 Å². The zero-order chi connectivity index (χ0) is 15.1. The average Bonchev–Trinajstić information content (AvgIpc) is 2.56. The summed E-state index contributed by atoms with van der Waals surface area (Å²) in [6.07, 6.45) is 8.98. The van der Waals surface area contributed by atoms with E-state index < -0.39 is 0 Å². The van der Waals surface area contributed by atoms with Crippen LogP contribution in [-0.2, 0) is 9.53 Å². The maximum absolute atomic E-state index is 12.7. The van der Waals surface area contributed by atoms with Gasteiger partial charge in [0.15, 0.2) is 0 Å². The van der Waals surface area contributed by atoms with E-state index in [-0.39, 0.29) is 24.3 Å². The number of ether oxygens (including phenoxy) is 1. The Hall–Kier alpha value is -1.91. The van der Waals surface area contributed by atoms with Gasteiger partial charge in [-0.2, -0.15) is 0 Å². The van der Waals surface area contributed by atoms with E-state index in [2.05, 4.69) is 9.72 Å². The lowest BCUT2D eigenvalue weighted by atomic mass is 9.93. The number of rotatable bonds is 5. The Morgan fingerprint density at radius 1 is 1.33 bits per heavy atom. The maximum Gasteiger partial charge on any atom is 0.307 e. The molecule has 1 fully saturated rings. The van der Waals surface area contributed by atoms with Gasteiger partial charge in [-0.3, -0.25) is 14.6 Å². The first-order valence-corrected chi connectivity index (χ1v) is 7.50. The fourth-order valence-electron chi connectivity index (χ4n) is 2.81. The number of hydrogen-bond acceptors (Lipinski definition) is 4. The van der Waals surface area contributed by atoms with Gasteiger partial charge in [-0.05, 0) is 25.0 Å². The Morgan fingerprint density at radius 3 is 2.71 bits per heavy atom. The van der Waals surface area contributed by atoms with Crippen molar-refractivity contribution in [2.24, 2.45) is 0 Å². The zero-order valence-electron chi connectivity index (χ0n) is 12.5. The highest BCUT2D eigenvalue weighted by atomic mass is 16.5. The highest BCUT2D eigenvalue weighted by Gasteiger charge is 2.26. The summed E-state index contributed by atoms with van der Waals surface area (Å²) in [4.78, 5) is 29.9. The fraction of sp³-hybridized carbons (Fsp3) is 0.562. The van der Waals surface area contributed by atoms with E-state index in [0.717, 1.165) is 25.7 Å². The largest absolute Gasteiger partial charge is 0.469 e. The summed E-state index contributed by atoms with van der Waals surface area (Å²) in [7, 11) is 1.37. The Bertz CT molecular complexity index is 470. The van der Waals surface area contributed by atoms with E-state index in [9.17, 15) is 9.59 Å². The standard InChI is InChI=1S/C16H22N2O3/c1-21-15(19)9-11-18(14-7-3-2-4-8-14)16(20)13-6-5-10-17-12-13/h5-6,10,12,14H,2-4,7-9,11H2,1H3. The van der Waals surface area contributed by atoms with Crippen LogP contribution >= 0.6 is 0 Å². The van der Waals surface area contributed by atoms with Gasteiger partial charge < -0.3 is 9.64 Å². The van der Waals surface area contributed by atoms with Crippen molar-refractivity contribution in [3.63, 3.8) is 0 Å². The lowest BCUT2D eigenvalue weighted by Gasteiger charge is -2.34. The van der Waals surface area contributed by atoms with Crippen LogP contribution in [0.4, 0.5) is 0 Å². The summed E-state index contributed by atoms with van der Waals surface area (Å²) in [6.45, 7) is 0.408. The SMILES string of the molecule is COC(=O)CCN(C(=O)c1cccnc1)C1CCCCC1. The molecule has 5 nitrogen and oxygen atoms in total. The number of nitrogens with zero attached hydrogens (tertiary/aromatic N) is 2. The lowest BCUT2D eigenvalue weighted by Crippen LogP contribution is -2.42. The van der Waals surface area contributed by atoms with E-state index in [0.29, 0.717) is 12.1 Å². The number of pyridine rings is 1. The normalized spacial score (nSPS) is 15.5. The van der Waals surface area contributed by atoms with Gasteiger partial charge in [0.05, 0.1) is 19.1 Å². The second-order valence-corrected chi connectivity index (χ2v) is 5.36. The minimum atomic E-state index is -0.283. The number of aromatic nitrogens is 1. The average molecular weight is 290 g/mol. The van der Waals surface area contributed by atoms with Crippen LogP contribution < -0.4 is 0 Å². The molecule has 2 rings (SSSR count). The maximum atomic E-state index is 12.7. The number of carbonyl (C=O) groups excluding carboxylic acids is 2. The molecule has 0 aromatic carbocycles. The minimum Gasteiger partial charge on any atom is -0.469 e. The Balaban J connectivity index is 2.10. The Labute approximate surface area is 125 Å². The number of hydrogen-bond donors (Lipinski definition) is 0. The number of amides is 1. The molecular weight excluding hydrogens is 268 g/mol. The highest BCUT2D eigenvalue weighted by Crippen LogP contribution is 2.24. The minimum absolute atomic E-state index is 0.0427. The van der Waals surface area contributed by atoms with Gasteiger partial charge in [0, 0.05) is 25.0 Å². The molecule has 0 bridgehead atoms. The summed E-state index contributed by atoms with van der Waals surface area (Å²) < 4.78 is 4.68. The third kappa shape index (κ3) is 4.28. The molecule has 1 amide bonds. The van der Waals surface area contributed by atoms with Gasteiger partial charge in [0.2, 0.25) is 0 Å². The van der Waals surface area contributed by atoms with Crippen LogP contribution in [0.25, 0.3) is 0 Å². The zero-order valence-corrected chi connectivity index (χ0v) is 12.5. The molecule has 1 aliphatic carbocycles. The van der Waals surface area contributed by atoms with Crippen molar-refractivity contribution < 1.29 is 14.3 Å². The van der Waals surface area contributed by atoms with Crippen LogP contribution in [0.5, 0.6) is 0 Å². The van der Waals surface area contributed by atoms with Crippen LogP contribution in [0.3, 0.4) is 0 Å². The van der Waals surface area contributed by atoms with Crippen LogP contribution in [0.2, 0.25) is 0 Å². The molecule has 21 heavy (non-hydrogen) atoms. The van der Waals surface area contributed by atoms with Gasteiger partial charge in [-0.1, -0.05) is 19.3 Å². The molecule has 0 spiro atoms. The van der Waals surface area contributed by atoms with Crippen LogP contribution in [0.1, 0.15) is 48.9 Å². The molecule has 0 saturated heterocycles. The molecule has 114 valence electrons. The topological polar surface area (TPSA) is 59.5 Å².